The number of amides is 1. The average Bonchev–Trinajstić information content (AvgIpc) is 2.81. The number of aromatic nitrogens is 1. The van der Waals surface area contributed by atoms with Gasteiger partial charge in [-0.2, -0.15) is 0 Å². The van der Waals surface area contributed by atoms with Crippen molar-refractivity contribution in [1.29, 1.82) is 0 Å². The Morgan fingerprint density at radius 1 is 0.882 bits per heavy atom. The zero-order chi connectivity index (χ0) is 22.5. The van der Waals surface area contributed by atoms with Crippen LogP contribution in [0.25, 0.3) is 11.1 Å². The van der Waals surface area contributed by atoms with Gasteiger partial charge >= 0.3 is 0 Å². The molecule has 1 amide bonds. The van der Waals surface area contributed by atoms with Gasteiger partial charge in [-0.25, -0.2) is 4.39 Å². The summed E-state index contributed by atoms with van der Waals surface area (Å²) in [6.07, 6.45) is 3.32. The predicted octanol–water partition coefficient (Wildman–Crippen LogP) is 6.14. The summed E-state index contributed by atoms with van der Waals surface area (Å²) >= 11 is 0. The Morgan fingerprint density at radius 3 is 2.00 bits per heavy atom. The first-order chi connectivity index (χ1) is 15.5. The Balaban J connectivity index is 0.00000204. The third kappa shape index (κ3) is 6.00. The van der Waals surface area contributed by atoms with E-state index >= 15 is 0 Å². The fourth-order valence-electron chi connectivity index (χ4n) is 3.89. The number of hydrogen-bond donors (Lipinski definition) is 2. The predicted molar refractivity (Wildman–Crippen MR) is 140 cm³/mol. The van der Waals surface area contributed by atoms with Gasteiger partial charge in [-0.1, -0.05) is 60.7 Å². The highest BCUT2D eigenvalue weighted by atomic mass is 35.5. The second kappa shape index (κ2) is 12.3. The molecule has 0 aliphatic carbocycles. The molecule has 0 spiro atoms. The van der Waals surface area contributed by atoms with Crippen molar-refractivity contribution in [3.8, 4) is 11.1 Å². The van der Waals surface area contributed by atoms with Gasteiger partial charge in [-0.05, 0) is 53.4 Å². The first-order valence-electron chi connectivity index (χ1n) is 10.4. The Morgan fingerprint density at radius 2 is 1.47 bits per heavy atom. The van der Waals surface area contributed by atoms with Crippen LogP contribution >= 0.6 is 24.8 Å². The number of carbonyl (C=O) groups excluding carboxylic acids is 1. The van der Waals surface area contributed by atoms with Gasteiger partial charge in [0, 0.05) is 29.6 Å². The number of benzene rings is 3. The van der Waals surface area contributed by atoms with Crippen LogP contribution in [-0.4, -0.2) is 16.9 Å². The molecule has 0 saturated carbocycles. The molecule has 0 aliphatic rings. The van der Waals surface area contributed by atoms with Gasteiger partial charge in [0.1, 0.15) is 5.82 Å². The third-order valence-corrected chi connectivity index (χ3v) is 5.53. The smallest absolute Gasteiger partial charge is 0.242 e. The van der Waals surface area contributed by atoms with Crippen molar-refractivity contribution < 1.29 is 9.18 Å². The minimum Gasteiger partial charge on any atom is -0.325 e. The first kappa shape index (κ1) is 27.0. The van der Waals surface area contributed by atoms with Gasteiger partial charge in [0.15, 0.2) is 0 Å². The zero-order valence-corrected chi connectivity index (χ0v) is 20.2. The van der Waals surface area contributed by atoms with Crippen LogP contribution in [0, 0.1) is 12.7 Å². The fraction of sp³-hybridized carbons (Fsp3) is 0.111. The molecule has 1 aromatic heterocycles. The molecule has 0 bridgehead atoms. The summed E-state index contributed by atoms with van der Waals surface area (Å²) in [5, 5.41) is 2.78. The molecule has 0 aliphatic heterocycles. The molecule has 0 fully saturated rings. The van der Waals surface area contributed by atoms with Crippen molar-refractivity contribution in [2.75, 3.05) is 5.32 Å². The van der Waals surface area contributed by atoms with Crippen LogP contribution in [0.2, 0.25) is 0 Å². The van der Waals surface area contributed by atoms with Crippen molar-refractivity contribution in [3.05, 3.63) is 120 Å². The molecule has 0 unspecified atom stereocenters. The van der Waals surface area contributed by atoms with E-state index < -0.39 is 11.9 Å². The number of halogens is 3. The van der Waals surface area contributed by atoms with Crippen molar-refractivity contribution in [2.45, 2.75) is 18.9 Å². The standard InChI is InChI=1S/C27H24FN3O.2ClH/c1-18-17-30-15-14-22(18)23-13-12-21(16-24(23)28)31-27(32)26(29)25(19-8-4-2-5-9-19)20-10-6-3-7-11-20;;/h2-17,25-26H,29H2,1H3,(H,31,32);2*1H/t26-;;/m0../s1. The van der Waals surface area contributed by atoms with Gasteiger partial charge in [-0.3, -0.25) is 9.78 Å². The summed E-state index contributed by atoms with van der Waals surface area (Å²) < 4.78 is 14.9. The lowest BCUT2D eigenvalue weighted by molar-refractivity contribution is -0.117. The molecule has 34 heavy (non-hydrogen) atoms. The van der Waals surface area contributed by atoms with E-state index in [1.165, 1.54) is 6.07 Å². The molecule has 0 radical (unpaired) electrons. The summed E-state index contributed by atoms with van der Waals surface area (Å²) in [7, 11) is 0. The topological polar surface area (TPSA) is 68.0 Å². The molecule has 3 N–H and O–H groups in total. The molecular weight excluding hydrogens is 472 g/mol. The number of carbonyl (C=O) groups is 1. The Labute approximate surface area is 211 Å². The molecule has 1 atom stereocenters. The van der Waals surface area contributed by atoms with Crippen molar-refractivity contribution in [3.63, 3.8) is 0 Å². The number of anilines is 1. The number of pyridine rings is 1. The summed E-state index contributed by atoms with van der Waals surface area (Å²) in [6, 6.07) is 24.9. The van der Waals surface area contributed by atoms with Crippen LogP contribution < -0.4 is 11.1 Å². The molecule has 3 aromatic carbocycles. The van der Waals surface area contributed by atoms with Crippen LogP contribution in [0.15, 0.2) is 97.3 Å². The minimum absolute atomic E-state index is 0. The highest BCUT2D eigenvalue weighted by Gasteiger charge is 2.28. The number of nitrogens with two attached hydrogens (primary N) is 1. The van der Waals surface area contributed by atoms with Crippen LogP contribution in [0.4, 0.5) is 10.1 Å². The van der Waals surface area contributed by atoms with Crippen LogP contribution in [0.3, 0.4) is 0 Å². The summed E-state index contributed by atoms with van der Waals surface area (Å²) in [6.45, 7) is 1.88. The molecule has 4 aromatic rings. The Kier molecular flexibility index (Phi) is 9.75. The molecule has 7 heteroatoms. The van der Waals surface area contributed by atoms with E-state index in [1.807, 2.05) is 67.6 Å². The number of nitrogens with zero attached hydrogens (tertiary/aromatic N) is 1. The van der Waals surface area contributed by atoms with Gasteiger partial charge < -0.3 is 11.1 Å². The lowest BCUT2D eigenvalue weighted by Crippen LogP contribution is -2.41. The average molecular weight is 498 g/mol. The molecule has 4 nitrogen and oxygen atoms in total. The minimum atomic E-state index is -0.857. The molecule has 4 rings (SSSR count). The van der Waals surface area contributed by atoms with E-state index in [2.05, 4.69) is 10.3 Å². The number of aryl methyl sites for hydroxylation is 1. The second-order valence-corrected chi connectivity index (χ2v) is 7.70. The summed E-state index contributed by atoms with van der Waals surface area (Å²) in [4.78, 5) is 17.1. The lowest BCUT2D eigenvalue weighted by atomic mass is 9.85. The van der Waals surface area contributed by atoms with E-state index in [-0.39, 0.29) is 36.6 Å². The number of hydrogen-bond acceptors (Lipinski definition) is 3. The molecular formula is C27H26Cl2FN3O. The summed E-state index contributed by atoms with van der Waals surface area (Å²) in [5.41, 5.74) is 10.8. The Bertz CT molecular complexity index is 1180. The maximum absolute atomic E-state index is 14.9. The monoisotopic (exact) mass is 497 g/mol. The highest BCUT2D eigenvalue weighted by Crippen LogP contribution is 2.30. The third-order valence-electron chi connectivity index (χ3n) is 5.53. The van der Waals surface area contributed by atoms with Gasteiger partial charge in [-0.15, -0.1) is 24.8 Å². The van der Waals surface area contributed by atoms with E-state index in [0.29, 0.717) is 11.3 Å². The van der Waals surface area contributed by atoms with E-state index in [0.717, 1.165) is 22.3 Å². The fourth-order valence-corrected chi connectivity index (χ4v) is 3.89. The van der Waals surface area contributed by atoms with Gasteiger partial charge in [0.2, 0.25) is 5.91 Å². The largest absolute Gasteiger partial charge is 0.325 e. The Hall–Kier alpha value is -3.25. The van der Waals surface area contributed by atoms with Crippen LogP contribution in [-0.2, 0) is 4.79 Å². The highest BCUT2D eigenvalue weighted by molar-refractivity contribution is 5.96. The maximum Gasteiger partial charge on any atom is 0.242 e. The number of rotatable bonds is 6. The number of nitrogens with one attached hydrogen (secondary N) is 1. The molecule has 0 saturated heterocycles. The second-order valence-electron chi connectivity index (χ2n) is 7.70. The normalized spacial score (nSPS) is 11.2. The van der Waals surface area contributed by atoms with Crippen LogP contribution in [0.1, 0.15) is 22.6 Å². The lowest BCUT2D eigenvalue weighted by Gasteiger charge is -2.24. The van der Waals surface area contributed by atoms with Crippen molar-refractivity contribution in [1.82, 2.24) is 4.98 Å². The van der Waals surface area contributed by atoms with Crippen LogP contribution in [0.5, 0.6) is 0 Å². The van der Waals surface area contributed by atoms with Crippen molar-refractivity contribution >= 4 is 36.4 Å². The molecule has 1 heterocycles. The van der Waals surface area contributed by atoms with Crippen molar-refractivity contribution in [2.24, 2.45) is 5.73 Å². The van der Waals surface area contributed by atoms with E-state index in [4.69, 9.17) is 5.73 Å². The first-order valence-corrected chi connectivity index (χ1v) is 10.4. The SMILES string of the molecule is Cc1cnccc1-c1ccc(NC(=O)[C@@H](N)C(c2ccccc2)c2ccccc2)cc1F.Cl.Cl. The van der Waals surface area contributed by atoms with E-state index in [9.17, 15) is 9.18 Å². The van der Waals surface area contributed by atoms with Gasteiger partial charge in [0.25, 0.3) is 0 Å². The van der Waals surface area contributed by atoms with E-state index in [1.54, 1.807) is 30.6 Å². The van der Waals surface area contributed by atoms with Gasteiger partial charge in [0.05, 0.1) is 6.04 Å². The molecule has 176 valence electrons. The quantitative estimate of drug-likeness (QED) is 0.336. The maximum atomic E-state index is 14.9. The summed E-state index contributed by atoms with van der Waals surface area (Å²) in [5.74, 6) is -1.13. The zero-order valence-electron chi connectivity index (χ0n) is 18.5.